The topological polar surface area (TPSA) is 121 Å². The molecule has 1 saturated heterocycles. The molecule has 1 aliphatic heterocycles. The Morgan fingerprint density at radius 1 is 1.10 bits per heavy atom. The average Bonchev–Trinajstić information content (AvgIpc) is 2.79. The number of rotatable bonds is 3. The predicted molar refractivity (Wildman–Crippen MR) is 68.9 cm³/mol. The van der Waals surface area contributed by atoms with Crippen LogP contribution in [0.1, 0.15) is 38.5 Å². The molecule has 0 radical (unpaired) electrons. The summed E-state index contributed by atoms with van der Waals surface area (Å²) in [6.07, 6.45) is 4.24. The Labute approximate surface area is 116 Å². The Morgan fingerprint density at radius 3 is 2.20 bits per heavy atom. The molecule has 0 aromatic heterocycles. The summed E-state index contributed by atoms with van der Waals surface area (Å²) < 4.78 is 0. The summed E-state index contributed by atoms with van der Waals surface area (Å²) in [7, 11) is 0. The van der Waals surface area contributed by atoms with E-state index in [1.54, 1.807) is 0 Å². The van der Waals surface area contributed by atoms with Crippen molar-refractivity contribution in [1.29, 1.82) is 0 Å². The molecule has 2 unspecified atom stereocenters. The van der Waals surface area contributed by atoms with Crippen LogP contribution in [-0.2, 0) is 14.4 Å². The number of likely N-dealkylation sites (tertiary alicyclic amines) is 1. The Morgan fingerprint density at radius 2 is 1.70 bits per heavy atom. The first-order chi connectivity index (χ1) is 9.35. The zero-order valence-electron chi connectivity index (χ0n) is 11.2. The molecule has 0 aromatic rings. The van der Waals surface area contributed by atoms with Gasteiger partial charge in [-0.1, -0.05) is 19.3 Å². The molecule has 2 atom stereocenters. The van der Waals surface area contributed by atoms with E-state index >= 15 is 0 Å². The van der Waals surface area contributed by atoms with Gasteiger partial charge in [-0.2, -0.15) is 0 Å². The van der Waals surface area contributed by atoms with Crippen LogP contribution in [0.15, 0.2) is 0 Å². The van der Waals surface area contributed by atoms with Crippen molar-refractivity contribution in [2.45, 2.75) is 50.1 Å². The van der Waals surface area contributed by atoms with Gasteiger partial charge in [-0.3, -0.25) is 9.59 Å². The highest BCUT2D eigenvalue weighted by molar-refractivity contribution is 5.90. The average molecular weight is 284 g/mol. The molecule has 4 N–H and O–H groups in total. The number of hydrogen-bond acceptors (Lipinski definition) is 4. The number of amides is 1. The van der Waals surface area contributed by atoms with E-state index in [-0.39, 0.29) is 24.8 Å². The maximum absolute atomic E-state index is 12.4. The van der Waals surface area contributed by atoms with E-state index in [0.29, 0.717) is 0 Å². The van der Waals surface area contributed by atoms with Gasteiger partial charge in [-0.25, -0.2) is 4.79 Å². The van der Waals surface area contributed by atoms with Gasteiger partial charge >= 0.3 is 11.9 Å². The van der Waals surface area contributed by atoms with Crippen LogP contribution in [-0.4, -0.2) is 51.1 Å². The number of carboxylic acids is 2. The summed E-state index contributed by atoms with van der Waals surface area (Å²) in [4.78, 5) is 36.0. The van der Waals surface area contributed by atoms with Gasteiger partial charge in [0.15, 0.2) is 0 Å². The van der Waals surface area contributed by atoms with Crippen LogP contribution < -0.4 is 5.73 Å². The van der Waals surface area contributed by atoms with Gasteiger partial charge in [0.2, 0.25) is 5.91 Å². The lowest BCUT2D eigenvalue weighted by atomic mass is 9.88. The van der Waals surface area contributed by atoms with E-state index in [4.69, 9.17) is 10.8 Å². The summed E-state index contributed by atoms with van der Waals surface area (Å²) in [5, 5.41) is 18.3. The standard InChI is InChI=1S/C13H20N2O5/c14-13(12(19)20)6-9(11(17)18)15(7-13)10(16)8-4-2-1-3-5-8/h8-9H,1-7,14H2,(H,17,18)(H,19,20). The third kappa shape index (κ3) is 2.63. The summed E-state index contributed by atoms with van der Waals surface area (Å²) in [6, 6.07) is -1.13. The largest absolute Gasteiger partial charge is 0.480 e. The van der Waals surface area contributed by atoms with Crippen LogP contribution in [0.3, 0.4) is 0 Å². The lowest BCUT2D eigenvalue weighted by molar-refractivity contribution is -0.150. The van der Waals surface area contributed by atoms with Crippen molar-refractivity contribution in [3.8, 4) is 0 Å². The van der Waals surface area contributed by atoms with Crippen LogP contribution >= 0.6 is 0 Å². The fourth-order valence-electron chi connectivity index (χ4n) is 3.13. The van der Waals surface area contributed by atoms with Gasteiger partial charge in [-0.15, -0.1) is 0 Å². The summed E-state index contributed by atoms with van der Waals surface area (Å²) in [5.74, 6) is -2.90. The van der Waals surface area contributed by atoms with Gasteiger partial charge in [0.1, 0.15) is 11.6 Å². The molecule has 7 nitrogen and oxygen atoms in total. The van der Waals surface area contributed by atoms with Crippen LogP contribution in [0, 0.1) is 5.92 Å². The maximum atomic E-state index is 12.4. The lowest BCUT2D eigenvalue weighted by Gasteiger charge is -2.29. The minimum Gasteiger partial charge on any atom is -0.480 e. The summed E-state index contributed by atoms with van der Waals surface area (Å²) in [6.45, 7) is -0.228. The molecule has 0 bridgehead atoms. The highest BCUT2D eigenvalue weighted by Crippen LogP contribution is 2.31. The van der Waals surface area contributed by atoms with E-state index in [1.807, 2.05) is 0 Å². The number of carbonyl (C=O) groups excluding carboxylic acids is 1. The van der Waals surface area contributed by atoms with Crippen LogP contribution in [0.4, 0.5) is 0 Å². The van der Waals surface area contributed by atoms with Crippen molar-refractivity contribution in [3.05, 3.63) is 0 Å². The maximum Gasteiger partial charge on any atom is 0.326 e. The number of hydrogen-bond donors (Lipinski definition) is 3. The number of carboxylic acid groups (broad SMARTS) is 2. The van der Waals surface area contributed by atoms with E-state index < -0.39 is 23.5 Å². The Balaban J connectivity index is 2.17. The number of nitrogens with two attached hydrogens (primary N) is 1. The summed E-state index contributed by atoms with van der Waals surface area (Å²) >= 11 is 0. The molecule has 1 amide bonds. The minimum absolute atomic E-state index is 0.193. The second kappa shape index (κ2) is 5.40. The Bertz CT molecular complexity index is 432. The van der Waals surface area contributed by atoms with Gasteiger partial charge in [-0.05, 0) is 12.8 Å². The van der Waals surface area contributed by atoms with Crippen molar-refractivity contribution in [2.75, 3.05) is 6.54 Å². The van der Waals surface area contributed by atoms with Crippen molar-refractivity contribution in [1.82, 2.24) is 4.90 Å². The molecule has 0 aromatic carbocycles. The van der Waals surface area contributed by atoms with Crippen LogP contribution in [0.25, 0.3) is 0 Å². The fourth-order valence-corrected chi connectivity index (χ4v) is 3.13. The fraction of sp³-hybridized carbons (Fsp3) is 0.769. The molecule has 112 valence electrons. The Hall–Kier alpha value is -1.63. The second-order valence-corrected chi connectivity index (χ2v) is 5.82. The minimum atomic E-state index is -1.66. The lowest BCUT2D eigenvalue weighted by Crippen LogP contribution is -2.51. The molecule has 1 heterocycles. The van der Waals surface area contributed by atoms with Crippen LogP contribution in [0.2, 0.25) is 0 Å². The molecule has 2 rings (SSSR count). The van der Waals surface area contributed by atoms with E-state index in [2.05, 4.69) is 0 Å². The Kier molecular flexibility index (Phi) is 3.99. The molecular formula is C13H20N2O5. The molecule has 20 heavy (non-hydrogen) atoms. The van der Waals surface area contributed by atoms with Gasteiger partial charge in [0, 0.05) is 12.3 Å². The molecule has 1 saturated carbocycles. The molecule has 0 spiro atoms. The molecule has 2 fully saturated rings. The quantitative estimate of drug-likeness (QED) is 0.672. The smallest absolute Gasteiger partial charge is 0.326 e. The van der Waals surface area contributed by atoms with Crippen LogP contribution in [0.5, 0.6) is 0 Å². The number of aliphatic carboxylic acids is 2. The number of nitrogens with zero attached hydrogens (tertiary/aromatic N) is 1. The zero-order valence-corrected chi connectivity index (χ0v) is 11.2. The zero-order chi connectivity index (χ0) is 14.9. The third-order valence-corrected chi connectivity index (χ3v) is 4.33. The van der Waals surface area contributed by atoms with Gasteiger partial charge < -0.3 is 20.8 Å². The first-order valence-electron chi connectivity index (χ1n) is 6.91. The first-order valence-corrected chi connectivity index (χ1v) is 6.91. The van der Waals surface area contributed by atoms with Gasteiger partial charge in [0.05, 0.1) is 6.54 Å². The predicted octanol–water partition coefficient (Wildman–Crippen LogP) is 0.0343. The molecule has 1 aliphatic carbocycles. The SMILES string of the molecule is NC1(C(=O)O)CC(C(=O)O)N(C(=O)C2CCCCC2)C1. The molecular weight excluding hydrogens is 264 g/mol. The third-order valence-electron chi connectivity index (χ3n) is 4.33. The highest BCUT2D eigenvalue weighted by Gasteiger charge is 2.52. The van der Waals surface area contributed by atoms with Crippen molar-refractivity contribution < 1.29 is 24.6 Å². The molecule has 2 aliphatic rings. The van der Waals surface area contributed by atoms with Gasteiger partial charge in [0.25, 0.3) is 0 Å². The second-order valence-electron chi connectivity index (χ2n) is 5.82. The normalized spacial score (nSPS) is 31.2. The van der Waals surface area contributed by atoms with Crippen molar-refractivity contribution >= 4 is 17.8 Å². The molecule has 7 heteroatoms. The summed E-state index contributed by atoms with van der Waals surface area (Å²) in [5.41, 5.74) is 4.07. The number of carbonyl (C=O) groups is 3. The van der Waals surface area contributed by atoms with E-state index in [1.165, 1.54) is 0 Å². The van der Waals surface area contributed by atoms with E-state index in [9.17, 15) is 19.5 Å². The monoisotopic (exact) mass is 284 g/mol. The van der Waals surface area contributed by atoms with Crippen molar-refractivity contribution in [2.24, 2.45) is 11.7 Å². The first kappa shape index (κ1) is 14.8. The highest BCUT2D eigenvalue weighted by atomic mass is 16.4. The van der Waals surface area contributed by atoms with Crippen molar-refractivity contribution in [3.63, 3.8) is 0 Å². The van der Waals surface area contributed by atoms with E-state index in [0.717, 1.165) is 37.0 Å².